The number of aliphatic hydroxyl groups is 1. The van der Waals surface area contributed by atoms with Gasteiger partial charge in [0.2, 0.25) is 0 Å². The van der Waals surface area contributed by atoms with Crippen molar-refractivity contribution in [1.29, 1.82) is 0 Å². The normalized spacial score (nSPS) is 30.3. The van der Waals surface area contributed by atoms with Gasteiger partial charge in [0, 0.05) is 28.1 Å². The van der Waals surface area contributed by atoms with Crippen LogP contribution in [0, 0.1) is 5.41 Å². The fourth-order valence-electron chi connectivity index (χ4n) is 2.87. The first-order chi connectivity index (χ1) is 8.93. The highest BCUT2D eigenvalue weighted by Crippen LogP contribution is 2.62. The molecule has 0 heterocycles. The van der Waals surface area contributed by atoms with Crippen LogP contribution in [-0.2, 0) is 9.84 Å². The van der Waals surface area contributed by atoms with E-state index in [0.29, 0.717) is 0 Å². The van der Waals surface area contributed by atoms with E-state index in [-0.39, 0.29) is 24.8 Å². The first-order valence-electron chi connectivity index (χ1n) is 6.21. The number of aliphatic hydroxyl groups excluding tert-OH is 1. The third-order valence-electron chi connectivity index (χ3n) is 4.07. The molecule has 0 unspecified atom stereocenters. The Bertz CT molecular complexity index is 552. The second-order valence-electron chi connectivity index (χ2n) is 5.00. The molecule has 19 heavy (non-hydrogen) atoms. The SMILES string of the molecule is CCS(=O)(=O)[C@H]1[C@@H](c2ccc(Br)cc2)[C@@]1(CN)CO. The molecule has 0 bridgehead atoms. The minimum Gasteiger partial charge on any atom is -0.396 e. The maximum absolute atomic E-state index is 12.2. The highest BCUT2D eigenvalue weighted by Gasteiger charge is 2.69. The molecule has 3 atom stereocenters. The van der Waals surface area contributed by atoms with Crippen LogP contribution in [0.25, 0.3) is 0 Å². The summed E-state index contributed by atoms with van der Waals surface area (Å²) in [6, 6.07) is 7.53. The Hall–Kier alpha value is -0.430. The summed E-state index contributed by atoms with van der Waals surface area (Å²) in [6.45, 7) is 1.60. The Morgan fingerprint density at radius 2 is 1.95 bits per heavy atom. The molecule has 1 fully saturated rings. The number of nitrogens with two attached hydrogens (primary N) is 1. The molecule has 0 radical (unpaired) electrons. The number of halogens is 1. The summed E-state index contributed by atoms with van der Waals surface area (Å²) in [5.74, 6) is -0.132. The van der Waals surface area contributed by atoms with Gasteiger partial charge in [-0.05, 0) is 17.7 Å². The average molecular weight is 348 g/mol. The fourth-order valence-corrected chi connectivity index (χ4v) is 5.29. The minimum absolute atomic E-state index is 0.0758. The standard InChI is InChI=1S/C13H18BrNO3S/c1-2-19(17,18)12-11(13(12,7-15)8-16)9-3-5-10(14)6-4-9/h3-6,11-12,16H,2,7-8,15H2,1H3/t11-,12+,13-/m1/s1. The molecule has 0 saturated heterocycles. The van der Waals surface area contributed by atoms with E-state index in [9.17, 15) is 13.5 Å². The predicted octanol–water partition coefficient (Wildman–Crippen LogP) is 1.29. The van der Waals surface area contributed by atoms with Crippen molar-refractivity contribution < 1.29 is 13.5 Å². The Kier molecular flexibility index (Phi) is 4.07. The van der Waals surface area contributed by atoms with E-state index in [4.69, 9.17) is 5.73 Å². The molecule has 0 aliphatic heterocycles. The summed E-state index contributed by atoms with van der Waals surface area (Å²) in [6.07, 6.45) is 0. The van der Waals surface area contributed by atoms with Gasteiger partial charge >= 0.3 is 0 Å². The van der Waals surface area contributed by atoms with Crippen molar-refractivity contribution in [3.63, 3.8) is 0 Å². The molecule has 1 saturated carbocycles. The second-order valence-corrected chi connectivity index (χ2v) is 8.32. The average Bonchev–Trinajstić information content (AvgIpc) is 3.10. The van der Waals surface area contributed by atoms with E-state index in [1.54, 1.807) is 6.92 Å². The first kappa shape index (κ1) is 15.0. The molecule has 2 rings (SSSR count). The molecular formula is C13H18BrNO3S. The summed E-state index contributed by atoms with van der Waals surface area (Å²) < 4.78 is 25.3. The van der Waals surface area contributed by atoms with Crippen molar-refractivity contribution in [2.24, 2.45) is 11.1 Å². The van der Waals surface area contributed by atoms with Gasteiger partial charge < -0.3 is 10.8 Å². The van der Waals surface area contributed by atoms with Crippen LogP contribution >= 0.6 is 15.9 Å². The summed E-state index contributed by atoms with van der Waals surface area (Å²) in [4.78, 5) is 0. The van der Waals surface area contributed by atoms with E-state index in [0.717, 1.165) is 10.0 Å². The molecule has 1 aromatic rings. The van der Waals surface area contributed by atoms with Crippen LogP contribution in [-0.4, -0.2) is 37.7 Å². The van der Waals surface area contributed by atoms with Gasteiger partial charge in [0.25, 0.3) is 0 Å². The van der Waals surface area contributed by atoms with Gasteiger partial charge in [-0.1, -0.05) is 35.0 Å². The maximum atomic E-state index is 12.2. The van der Waals surface area contributed by atoms with Gasteiger partial charge in [0.15, 0.2) is 9.84 Å². The van der Waals surface area contributed by atoms with Gasteiger partial charge in [-0.2, -0.15) is 0 Å². The summed E-state index contributed by atoms with van der Waals surface area (Å²) in [5, 5.41) is 9.05. The molecule has 1 aliphatic carbocycles. The van der Waals surface area contributed by atoms with Crippen LogP contribution in [0.2, 0.25) is 0 Å². The molecule has 6 heteroatoms. The molecule has 0 spiro atoms. The zero-order valence-corrected chi connectivity index (χ0v) is 13.1. The Morgan fingerprint density at radius 1 is 1.37 bits per heavy atom. The molecule has 1 aromatic carbocycles. The zero-order chi connectivity index (χ0) is 14.3. The quantitative estimate of drug-likeness (QED) is 0.840. The van der Waals surface area contributed by atoms with Gasteiger partial charge in [-0.15, -0.1) is 0 Å². The molecule has 1 aliphatic rings. The number of rotatable bonds is 5. The summed E-state index contributed by atoms with van der Waals surface area (Å²) in [7, 11) is -3.22. The largest absolute Gasteiger partial charge is 0.396 e. The van der Waals surface area contributed by atoms with Crippen molar-refractivity contribution in [2.75, 3.05) is 18.9 Å². The van der Waals surface area contributed by atoms with Crippen LogP contribution < -0.4 is 5.73 Å². The Morgan fingerprint density at radius 3 is 2.37 bits per heavy atom. The molecule has 106 valence electrons. The monoisotopic (exact) mass is 347 g/mol. The van der Waals surface area contributed by atoms with Gasteiger partial charge in [0.1, 0.15) is 0 Å². The van der Waals surface area contributed by atoms with Crippen LogP contribution in [0.5, 0.6) is 0 Å². The van der Waals surface area contributed by atoms with E-state index in [1.165, 1.54) is 0 Å². The van der Waals surface area contributed by atoms with Crippen molar-refractivity contribution in [1.82, 2.24) is 0 Å². The zero-order valence-electron chi connectivity index (χ0n) is 10.7. The highest BCUT2D eigenvalue weighted by atomic mass is 79.9. The summed E-state index contributed by atoms with van der Waals surface area (Å²) in [5.41, 5.74) is 5.95. The van der Waals surface area contributed by atoms with E-state index in [1.807, 2.05) is 24.3 Å². The molecule has 3 N–H and O–H groups in total. The van der Waals surface area contributed by atoms with E-state index >= 15 is 0 Å². The molecular weight excluding hydrogens is 330 g/mol. The van der Waals surface area contributed by atoms with Crippen LogP contribution in [0.1, 0.15) is 18.4 Å². The predicted molar refractivity (Wildman–Crippen MR) is 78.7 cm³/mol. The molecule has 0 aromatic heterocycles. The Balaban J connectivity index is 2.42. The molecule has 0 amide bonds. The smallest absolute Gasteiger partial charge is 0.154 e. The number of hydrogen-bond donors (Lipinski definition) is 2. The first-order valence-corrected chi connectivity index (χ1v) is 8.71. The third-order valence-corrected chi connectivity index (χ3v) is 6.92. The van der Waals surface area contributed by atoms with Crippen molar-refractivity contribution in [2.45, 2.75) is 18.1 Å². The van der Waals surface area contributed by atoms with Crippen molar-refractivity contribution in [3.05, 3.63) is 34.3 Å². The van der Waals surface area contributed by atoms with Crippen LogP contribution in [0.3, 0.4) is 0 Å². The number of hydrogen-bond acceptors (Lipinski definition) is 4. The van der Waals surface area contributed by atoms with Crippen molar-refractivity contribution in [3.8, 4) is 0 Å². The van der Waals surface area contributed by atoms with E-state index in [2.05, 4.69) is 15.9 Å². The lowest BCUT2D eigenvalue weighted by Crippen LogP contribution is -2.28. The van der Waals surface area contributed by atoms with E-state index < -0.39 is 20.5 Å². The van der Waals surface area contributed by atoms with Crippen LogP contribution in [0.15, 0.2) is 28.7 Å². The van der Waals surface area contributed by atoms with Gasteiger partial charge in [-0.25, -0.2) is 8.42 Å². The highest BCUT2D eigenvalue weighted by molar-refractivity contribution is 9.10. The summed E-state index contributed by atoms with van der Waals surface area (Å²) >= 11 is 3.35. The maximum Gasteiger partial charge on any atom is 0.154 e. The fraction of sp³-hybridized carbons (Fsp3) is 0.538. The lowest BCUT2D eigenvalue weighted by atomic mass is 10.0. The minimum atomic E-state index is -3.22. The third kappa shape index (κ3) is 2.35. The number of benzene rings is 1. The lowest BCUT2D eigenvalue weighted by molar-refractivity contribution is 0.212. The van der Waals surface area contributed by atoms with Gasteiger partial charge in [0.05, 0.1) is 11.9 Å². The second kappa shape index (κ2) is 5.16. The Labute approximate surface area is 122 Å². The topological polar surface area (TPSA) is 80.4 Å². The lowest BCUT2D eigenvalue weighted by Gasteiger charge is -2.11. The molecule has 4 nitrogen and oxygen atoms in total. The van der Waals surface area contributed by atoms with Gasteiger partial charge in [-0.3, -0.25) is 0 Å². The van der Waals surface area contributed by atoms with Crippen molar-refractivity contribution >= 4 is 25.8 Å². The van der Waals surface area contributed by atoms with Crippen LogP contribution in [0.4, 0.5) is 0 Å². The number of sulfone groups is 1.